The molecule has 200 valence electrons. The molecular weight excluding hydrogens is 495 g/mol. The second-order valence-corrected chi connectivity index (χ2v) is 10.2. The lowest BCUT2D eigenvalue weighted by atomic mass is 9.68. The van der Waals surface area contributed by atoms with Crippen LogP contribution in [0.3, 0.4) is 0 Å². The molecule has 1 N–H and O–H groups in total. The van der Waals surface area contributed by atoms with E-state index in [0.717, 1.165) is 23.9 Å². The third kappa shape index (κ3) is 5.11. The van der Waals surface area contributed by atoms with Crippen molar-refractivity contribution < 1.29 is 33.1 Å². The molecule has 0 aromatic heterocycles. The van der Waals surface area contributed by atoms with Crippen molar-refractivity contribution in [2.24, 2.45) is 5.41 Å². The fourth-order valence-electron chi connectivity index (χ4n) is 5.15. The molecule has 0 radical (unpaired) electrons. The number of esters is 1. The van der Waals surface area contributed by atoms with Gasteiger partial charge in [0.2, 0.25) is 0 Å². The number of benzene rings is 2. The number of hydrogen-bond acceptors (Lipinski definition) is 8. The van der Waals surface area contributed by atoms with Crippen molar-refractivity contribution >= 4 is 17.4 Å². The molecule has 1 aliphatic heterocycles. The molecule has 0 amide bonds. The molecular formula is C28H29FN2O7. The highest BCUT2D eigenvalue weighted by molar-refractivity contribution is 6.04. The van der Waals surface area contributed by atoms with Crippen molar-refractivity contribution in [2.75, 3.05) is 14.2 Å². The number of Topliss-reactive ketones (excluding diaryl/α,β-unsaturated/α-hetero) is 1. The van der Waals surface area contributed by atoms with E-state index >= 15 is 0 Å². The maximum absolute atomic E-state index is 13.8. The molecule has 0 saturated carbocycles. The van der Waals surface area contributed by atoms with Crippen LogP contribution in [0.4, 0.5) is 10.1 Å². The number of carbonyl (C=O) groups is 2. The fraction of sp³-hybridized carbons (Fsp3) is 0.357. The molecule has 0 fully saturated rings. The largest absolute Gasteiger partial charge is 0.496 e. The summed E-state index contributed by atoms with van der Waals surface area (Å²) in [6.45, 7) is 5.63. The first-order valence-electron chi connectivity index (χ1n) is 12.0. The molecule has 4 rings (SSSR count). The number of allylic oxidation sites excluding steroid dienone is 3. The first-order chi connectivity index (χ1) is 18.0. The van der Waals surface area contributed by atoms with Gasteiger partial charge in [-0.2, -0.15) is 0 Å². The number of nitro groups is 1. The van der Waals surface area contributed by atoms with E-state index in [1.165, 1.54) is 14.2 Å². The SMILES string of the molecule is COC(=O)C1=C(C)NC2=C(C(=O)CC(C)(C)C2)[C@@H]1c1ccc(OC)c(COc2cc(F)ccc2[N+](=O)[O-])c1. The Balaban J connectivity index is 1.80. The van der Waals surface area contributed by atoms with Crippen molar-refractivity contribution in [1.82, 2.24) is 5.32 Å². The third-order valence-corrected chi connectivity index (χ3v) is 6.78. The summed E-state index contributed by atoms with van der Waals surface area (Å²) in [6, 6.07) is 8.14. The lowest BCUT2D eigenvalue weighted by Gasteiger charge is -2.39. The van der Waals surface area contributed by atoms with E-state index in [2.05, 4.69) is 5.32 Å². The van der Waals surface area contributed by atoms with Crippen molar-refractivity contribution in [2.45, 2.75) is 46.1 Å². The Hall–Kier alpha value is -4.21. The third-order valence-electron chi connectivity index (χ3n) is 6.78. The minimum atomic E-state index is -0.699. The highest BCUT2D eigenvalue weighted by atomic mass is 19.1. The van der Waals surface area contributed by atoms with Crippen molar-refractivity contribution in [3.05, 3.63) is 86.0 Å². The maximum atomic E-state index is 13.8. The molecule has 1 aliphatic carbocycles. The summed E-state index contributed by atoms with van der Waals surface area (Å²) in [4.78, 5) is 37.1. The molecule has 10 heteroatoms. The van der Waals surface area contributed by atoms with Crippen LogP contribution in [0.1, 0.15) is 50.7 Å². The summed E-state index contributed by atoms with van der Waals surface area (Å²) in [5.41, 5.74) is 2.69. The van der Waals surface area contributed by atoms with E-state index in [1.54, 1.807) is 25.1 Å². The standard InChI is InChI=1S/C28H29FN2O7/c1-15-24(27(33)37-5)25(26-19(30-15)12-28(2,3)13-21(26)32)16-6-9-22(36-4)17(10-16)14-38-23-11-18(29)7-8-20(23)31(34)35/h6-11,25,30H,12-14H2,1-5H3/t25-/m1/s1. The number of ether oxygens (including phenoxy) is 3. The van der Waals surface area contributed by atoms with Gasteiger partial charge in [-0.25, -0.2) is 9.18 Å². The summed E-state index contributed by atoms with van der Waals surface area (Å²) in [5, 5.41) is 14.6. The summed E-state index contributed by atoms with van der Waals surface area (Å²) >= 11 is 0. The van der Waals surface area contributed by atoms with Gasteiger partial charge in [-0.15, -0.1) is 0 Å². The van der Waals surface area contributed by atoms with E-state index in [0.29, 0.717) is 46.6 Å². The summed E-state index contributed by atoms with van der Waals surface area (Å²) in [6.07, 6.45) is 0.957. The highest BCUT2D eigenvalue weighted by Gasteiger charge is 2.43. The van der Waals surface area contributed by atoms with Gasteiger partial charge < -0.3 is 19.5 Å². The van der Waals surface area contributed by atoms with Crippen LogP contribution in [0, 0.1) is 21.3 Å². The Bertz CT molecular complexity index is 1390. The molecule has 9 nitrogen and oxygen atoms in total. The lowest BCUT2D eigenvalue weighted by molar-refractivity contribution is -0.386. The van der Waals surface area contributed by atoms with E-state index in [1.807, 2.05) is 13.8 Å². The van der Waals surface area contributed by atoms with Gasteiger partial charge in [-0.3, -0.25) is 14.9 Å². The molecule has 2 aromatic carbocycles. The number of nitro benzene ring substituents is 1. The smallest absolute Gasteiger partial charge is 0.336 e. The minimum Gasteiger partial charge on any atom is -0.496 e. The van der Waals surface area contributed by atoms with Gasteiger partial charge in [-0.1, -0.05) is 19.9 Å². The number of halogens is 1. The monoisotopic (exact) mass is 524 g/mol. The number of hydrogen-bond donors (Lipinski definition) is 1. The van der Waals surface area contributed by atoms with Gasteiger partial charge >= 0.3 is 11.7 Å². The van der Waals surface area contributed by atoms with Gasteiger partial charge in [-0.05, 0) is 42.5 Å². The molecule has 2 aromatic rings. The Labute approximate surface area is 219 Å². The maximum Gasteiger partial charge on any atom is 0.336 e. The summed E-state index contributed by atoms with van der Waals surface area (Å²) in [5.74, 6) is -1.81. The van der Waals surface area contributed by atoms with Gasteiger partial charge in [0.1, 0.15) is 18.2 Å². The van der Waals surface area contributed by atoms with Gasteiger partial charge in [0.25, 0.3) is 0 Å². The Morgan fingerprint density at radius 2 is 1.89 bits per heavy atom. The number of ketones is 1. The van der Waals surface area contributed by atoms with E-state index in [9.17, 15) is 24.1 Å². The van der Waals surface area contributed by atoms with Crippen LogP contribution in [0.25, 0.3) is 0 Å². The Morgan fingerprint density at radius 1 is 1.16 bits per heavy atom. The van der Waals surface area contributed by atoms with Crippen LogP contribution in [0.5, 0.6) is 11.5 Å². The molecule has 0 unspecified atom stereocenters. The van der Waals surface area contributed by atoms with Crippen molar-refractivity contribution in [3.63, 3.8) is 0 Å². The highest BCUT2D eigenvalue weighted by Crippen LogP contribution is 2.47. The molecule has 1 atom stereocenters. The van der Waals surface area contributed by atoms with Gasteiger partial charge in [0.15, 0.2) is 11.5 Å². The first kappa shape index (κ1) is 26.8. The van der Waals surface area contributed by atoms with Crippen LogP contribution in [0.15, 0.2) is 58.9 Å². The van der Waals surface area contributed by atoms with Crippen molar-refractivity contribution in [3.8, 4) is 11.5 Å². The van der Waals surface area contributed by atoms with Crippen LogP contribution in [-0.4, -0.2) is 30.9 Å². The van der Waals surface area contributed by atoms with Crippen LogP contribution in [-0.2, 0) is 20.9 Å². The Kier molecular flexibility index (Phi) is 7.26. The molecule has 0 spiro atoms. The zero-order valence-electron chi connectivity index (χ0n) is 21.8. The number of methoxy groups -OCH3 is 2. The molecule has 1 heterocycles. The predicted octanol–water partition coefficient (Wildman–Crippen LogP) is 5.10. The van der Waals surface area contributed by atoms with E-state index < -0.39 is 22.6 Å². The number of rotatable bonds is 7. The van der Waals surface area contributed by atoms with Gasteiger partial charge in [0, 0.05) is 47.0 Å². The fourth-order valence-corrected chi connectivity index (χ4v) is 5.15. The van der Waals surface area contributed by atoms with Crippen LogP contribution in [0.2, 0.25) is 0 Å². The zero-order chi connectivity index (χ0) is 27.8. The topological polar surface area (TPSA) is 117 Å². The molecule has 0 saturated heterocycles. The predicted molar refractivity (Wildman–Crippen MR) is 136 cm³/mol. The van der Waals surface area contributed by atoms with E-state index in [4.69, 9.17) is 14.2 Å². The lowest BCUT2D eigenvalue weighted by Crippen LogP contribution is -2.38. The summed E-state index contributed by atoms with van der Waals surface area (Å²) in [7, 11) is 2.75. The second kappa shape index (κ2) is 10.3. The van der Waals surface area contributed by atoms with Crippen LogP contribution < -0.4 is 14.8 Å². The molecule has 0 bridgehead atoms. The molecule has 38 heavy (non-hydrogen) atoms. The van der Waals surface area contributed by atoms with E-state index in [-0.39, 0.29) is 29.2 Å². The molecule has 2 aliphatic rings. The Morgan fingerprint density at radius 3 is 2.55 bits per heavy atom. The van der Waals surface area contributed by atoms with Gasteiger partial charge in [0.05, 0.1) is 24.7 Å². The van der Waals surface area contributed by atoms with Crippen molar-refractivity contribution in [1.29, 1.82) is 0 Å². The first-order valence-corrected chi connectivity index (χ1v) is 12.0. The zero-order valence-corrected chi connectivity index (χ0v) is 21.8. The number of carbonyl (C=O) groups excluding carboxylic acids is 2. The summed E-state index contributed by atoms with van der Waals surface area (Å²) < 4.78 is 30.0. The number of nitrogens with one attached hydrogen (secondary N) is 1. The quantitative estimate of drug-likeness (QED) is 0.302. The van der Waals surface area contributed by atoms with Crippen LogP contribution >= 0.6 is 0 Å². The number of nitrogens with zero attached hydrogens (tertiary/aromatic N) is 1. The second-order valence-electron chi connectivity index (χ2n) is 10.2. The normalized spacial score (nSPS) is 18.5. The minimum absolute atomic E-state index is 0.0633. The number of dihydropyridines is 1. The average Bonchev–Trinajstić information content (AvgIpc) is 2.85. The average molecular weight is 525 g/mol.